The van der Waals surface area contributed by atoms with Crippen molar-refractivity contribution < 1.29 is 0 Å². The molecule has 0 amide bonds. The minimum atomic E-state index is -0.857. The van der Waals surface area contributed by atoms with Gasteiger partial charge in [-0.2, -0.15) is 0 Å². The van der Waals surface area contributed by atoms with Crippen LogP contribution in [0.1, 0.15) is 6.92 Å². The van der Waals surface area contributed by atoms with E-state index in [9.17, 15) is 0 Å². The molecule has 47 heavy (non-hydrogen) atoms. The number of hydrogen-bond donors (Lipinski definition) is 0. The number of hydrogen-bond acceptors (Lipinski definition) is 1. The molecule has 2 rings (SSSR count). The van der Waals surface area contributed by atoms with Gasteiger partial charge in [0.2, 0.25) is 0 Å². The quantitative estimate of drug-likeness (QED) is 0.149. The first-order valence-electron chi connectivity index (χ1n) is 15.4. The second-order valence-corrected chi connectivity index (χ2v) is 10.0. The van der Waals surface area contributed by atoms with Crippen LogP contribution < -0.4 is 4.90 Å². The molecule has 0 saturated heterocycles. The number of benzene rings is 1. The molecule has 0 spiro atoms. The molecule has 0 fully saturated rings. The molecular formula is C46H47N. The third kappa shape index (κ3) is 8.03. The van der Waals surface area contributed by atoms with Crippen LogP contribution in [-0.2, 0) is 0 Å². The molecule has 1 aromatic carbocycles. The van der Waals surface area contributed by atoms with Gasteiger partial charge in [-0.15, -0.1) is 0 Å². The molecule has 0 unspecified atom stereocenters. The van der Waals surface area contributed by atoms with Crippen molar-refractivity contribution in [2.24, 2.45) is 5.41 Å². The Morgan fingerprint density at radius 3 is 1.62 bits per heavy atom. The molecule has 0 aliphatic heterocycles. The van der Waals surface area contributed by atoms with Crippen LogP contribution in [-0.4, -0.2) is 0 Å². The Morgan fingerprint density at radius 2 is 1.17 bits per heavy atom. The molecular weight excluding hydrogens is 567 g/mol. The Morgan fingerprint density at radius 1 is 0.638 bits per heavy atom. The maximum absolute atomic E-state index is 4.39. The molecule has 0 aromatic heterocycles. The van der Waals surface area contributed by atoms with Crippen molar-refractivity contribution in [1.82, 2.24) is 0 Å². The zero-order valence-electron chi connectivity index (χ0n) is 27.8. The maximum Gasteiger partial charge on any atom is 0.0710 e. The van der Waals surface area contributed by atoms with Crippen LogP contribution >= 0.6 is 0 Å². The number of nitrogens with zero attached hydrogens (tertiary/aromatic N) is 1. The molecule has 0 saturated carbocycles. The highest BCUT2D eigenvalue weighted by Gasteiger charge is 2.50. The van der Waals surface area contributed by atoms with Gasteiger partial charge >= 0.3 is 0 Å². The van der Waals surface area contributed by atoms with E-state index in [1.165, 1.54) is 0 Å². The number of anilines is 1. The number of para-hydroxylation sites is 1. The van der Waals surface area contributed by atoms with E-state index in [1.807, 2.05) is 79.0 Å². The molecule has 236 valence electrons. The van der Waals surface area contributed by atoms with Crippen molar-refractivity contribution in [3.63, 3.8) is 0 Å². The van der Waals surface area contributed by atoms with Gasteiger partial charge in [0, 0.05) is 17.0 Å². The van der Waals surface area contributed by atoms with Gasteiger partial charge in [-0.05, 0) is 65.2 Å². The number of rotatable bonds is 18. The lowest BCUT2D eigenvalue weighted by molar-refractivity contribution is 0.681. The second-order valence-electron chi connectivity index (χ2n) is 10.0. The van der Waals surface area contributed by atoms with Crippen molar-refractivity contribution in [2.45, 2.75) is 6.92 Å². The van der Waals surface area contributed by atoms with Gasteiger partial charge in [0.15, 0.2) is 0 Å². The van der Waals surface area contributed by atoms with Crippen LogP contribution in [0, 0.1) is 5.41 Å². The predicted molar refractivity (Wildman–Crippen MR) is 212 cm³/mol. The first-order chi connectivity index (χ1) is 23.0. The lowest BCUT2D eigenvalue weighted by Crippen LogP contribution is -2.28. The third-order valence-corrected chi connectivity index (χ3v) is 7.47. The molecule has 1 aromatic rings. The van der Waals surface area contributed by atoms with Crippen molar-refractivity contribution in [2.75, 3.05) is 4.90 Å². The highest BCUT2D eigenvalue weighted by molar-refractivity contribution is 5.81. The molecule has 1 aliphatic rings. The maximum atomic E-state index is 4.39. The highest BCUT2D eigenvalue weighted by Crippen LogP contribution is 2.61. The van der Waals surface area contributed by atoms with Crippen LogP contribution in [0.2, 0.25) is 0 Å². The van der Waals surface area contributed by atoms with Gasteiger partial charge in [0.25, 0.3) is 0 Å². The topological polar surface area (TPSA) is 3.24 Å². The van der Waals surface area contributed by atoms with Crippen molar-refractivity contribution >= 4 is 5.69 Å². The van der Waals surface area contributed by atoms with Gasteiger partial charge in [-0.25, -0.2) is 0 Å². The lowest BCUT2D eigenvalue weighted by Gasteiger charge is -2.37. The van der Waals surface area contributed by atoms with Gasteiger partial charge in [0.1, 0.15) is 0 Å². The zero-order valence-corrected chi connectivity index (χ0v) is 27.8. The normalized spacial score (nSPS) is 17.4. The standard InChI is InChI=1S/C46H47N/c1-11-21-31-37(28-15-5)46(38(29-16-6)32-22-12-2)42(18-8)41(36-24-14-4)45(43(46)19-9)44(20-10)47(40-34-26-25-27-35-40)39(30-17-7)33-23-13-3/h11-36H,1-8,10H2,9H3/b31-21-,32-22-,33-23-,36-24-,37-28+,38-29+,39-30+,43-19+,45-44+. The molecule has 0 atom stereocenters. The van der Waals surface area contributed by atoms with Gasteiger partial charge in [-0.3, -0.25) is 0 Å². The fraction of sp³-hybridized carbons (Fsp3) is 0.0435. The summed E-state index contributed by atoms with van der Waals surface area (Å²) in [6.07, 6.45) is 40.4. The summed E-state index contributed by atoms with van der Waals surface area (Å²) in [5.41, 5.74) is 7.63. The summed E-state index contributed by atoms with van der Waals surface area (Å²) in [5.74, 6) is 0. The fourth-order valence-corrected chi connectivity index (χ4v) is 5.85. The van der Waals surface area contributed by atoms with E-state index in [-0.39, 0.29) is 0 Å². The van der Waals surface area contributed by atoms with Crippen LogP contribution in [0.4, 0.5) is 5.69 Å². The second kappa shape index (κ2) is 19.5. The molecule has 1 aliphatic carbocycles. The Labute approximate surface area is 284 Å². The minimum Gasteiger partial charge on any atom is -0.310 e. The summed E-state index contributed by atoms with van der Waals surface area (Å²) in [6, 6.07) is 10.2. The SMILES string of the molecule is C=C/C=C\C1=C(C=C)C(C(/C=C\C=C)=C/C=C)(C(/C=C\C=C)=C/C=C)C(=C/C)/C1=C(\C=C)N(C(/C=C\C=C)=C/C=C)c1ccccc1. The molecule has 1 nitrogen and oxygen atoms in total. The van der Waals surface area contributed by atoms with Crippen molar-refractivity contribution in [1.29, 1.82) is 0 Å². The smallest absolute Gasteiger partial charge is 0.0710 e. The van der Waals surface area contributed by atoms with Crippen molar-refractivity contribution in [3.8, 4) is 0 Å². The summed E-state index contributed by atoms with van der Waals surface area (Å²) in [7, 11) is 0. The summed E-state index contributed by atoms with van der Waals surface area (Å²) in [6.45, 7) is 38.8. The van der Waals surface area contributed by atoms with E-state index in [4.69, 9.17) is 0 Å². The van der Waals surface area contributed by atoms with E-state index in [2.05, 4.69) is 107 Å². The summed E-state index contributed by atoms with van der Waals surface area (Å²) in [4.78, 5) is 2.18. The summed E-state index contributed by atoms with van der Waals surface area (Å²) >= 11 is 0. The van der Waals surface area contributed by atoms with Crippen LogP contribution in [0.5, 0.6) is 0 Å². The lowest BCUT2D eigenvalue weighted by atomic mass is 9.64. The first kappa shape index (κ1) is 37.3. The number of allylic oxidation sites excluding steroid dienone is 27. The summed E-state index contributed by atoms with van der Waals surface area (Å²) in [5, 5.41) is 0. The zero-order chi connectivity index (χ0) is 34.7. The minimum absolute atomic E-state index is 0.854. The first-order valence-corrected chi connectivity index (χ1v) is 15.4. The van der Waals surface area contributed by atoms with E-state index in [0.29, 0.717) is 0 Å². The molecule has 1 heteroatoms. The molecule has 0 heterocycles. The Balaban J connectivity index is 3.53. The average molecular weight is 614 g/mol. The van der Waals surface area contributed by atoms with E-state index in [1.54, 1.807) is 42.5 Å². The molecule has 0 bridgehead atoms. The average Bonchev–Trinajstić information content (AvgIpc) is 3.37. The van der Waals surface area contributed by atoms with Gasteiger partial charge < -0.3 is 4.90 Å². The Hall–Kier alpha value is -5.92. The van der Waals surface area contributed by atoms with Crippen LogP contribution in [0.3, 0.4) is 0 Å². The third-order valence-electron chi connectivity index (χ3n) is 7.47. The Kier molecular flexibility index (Phi) is 15.4. The summed E-state index contributed by atoms with van der Waals surface area (Å²) < 4.78 is 0. The van der Waals surface area contributed by atoms with Gasteiger partial charge in [0.05, 0.1) is 11.1 Å². The largest absolute Gasteiger partial charge is 0.310 e. The monoisotopic (exact) mass is 613 g/mol. The van der Waals surface area contributed by atoms with E-state index >= 15 is 0 Å². The molecule has 0 N–H and O–H groups in total. The van der Waals surface area contributed by atoms with Crippen LogP contribution in [0.15, 0.2) is 262 Å². The predicted octanol–water partition coefficient (Wildman–Crippen LogP) is 12.6. The fourth-order valence-electron chi connectivity index (χ4n) is 5.85. The van der Waals surface area contributed by atoms with Crippen LogP contribution in [0.25, 0.3) is 0 Å². The Bertz CT molecular complexity index is 1670. The highest BCUT2D eigenvalue weighted by atomic mass is 15.2. The molecule has 0 radical (unpaired) electrons. The van der Waals surface area contributed by atoms with Gasteiger partial charge in [-0.1, -0.05) is 187 Å². The van der Waals surface area contributed by atoms with E-state index in [0.717, 1.165) is 50.5 Å². The van der Waals surface area contributed by atoms with E-state index < -0.39 is 5.41 Å². The van der Waals surface area contributed by atoms with Crippen molar-refractivity contribution in [3.05, 3.63) is 262 Å².